The molecular weight excluding hydrogens is 464 g/mol. The minimum absolute atomic E-state index is 0.0740. The second-order valence-corrected chi connectivity index (χ2v) is 16.7. The third kappa shape index (κ3) is 5.23. The molecular formula is C29H36N4O2Si. The van der Waals surface area contributed by atoms with Crippen LogP contribution in [0.5, 0.6) is 0 Å². The van der Waals surface area contributed by atoms with Gasteiger partial charge in [-0.15, -0.1) is 0 Å². The molecule has 4 aromatic rings. The number of hydrogen-bond donors (Lipinski definition) is 0. The van der Waals surface area contributed by atoms with Gasteiger partial charge in [0.2, 0.25) is 5.78 Å². The normalized spacial score (nSPS) is 15.2. The summed E-state index contributed by atoms with van der Waals surface area (Å²) in [7, 11) is 0.946. The van der Waals surface area contributed by atoms with Crippen LogP contribution in [0.3, 0.4) is 0 Å². The van der Waals surface area contributed by atoms with Gasteiger partial charge in [-0.05, 0) is 42.1 Å². The molecule has 1 saturated heterocycles. The number of ether oxygens (including phenoxy) is 1. The fourth-order valence-electron chi connectivity index (χ4n) is 4.73. The van der Waals surface area contributed by atoms with Gasteiger partial charge in [-0.2, -0.15) is 0 Å². The molecule has 6 nitrogen and oxygen atoms in total. The summed E-state index contributed by atoms with van der Waals surface area (Å²) in [5.41, 5.74) is 3.56. The number of nitrogens with zero attached hydrogens (tertiary/aromatic N) is 4. The maximum Gasteiger partial charge on any atom is 0.228 e. The number of carbonyl (C=O) groups excluding carboxylic acids is 1. The second-order valence-electron chi connectivity index (χ2n) is 11.0. The van der Waals surface area contributed by atoms with Crippen LogP contribution in [0.25, 0.3) is 21.8 Å². The highest BCUT2D eigenvalue weighted by atomic mass is 28.3. The Morgan fingerprint density at radius 3 is 2.44 bits per heavy atom. The molecule has 0 bridgehead atoms. The van der Waals surface area contributed by atoms with Crippen LogP contribution < -0.4 is 4.90 Å². The number of anilines is 1. The quantitative estimate of drug-likeness (QED) is 0.182. The Balaban J connectivity index is 1.54. The fraction of sp³-hybridized carbons (Fsp3) is 0.379. The number of para-hydroxylation sites is 1. The molecule has 0 aliphatic carbocycles. The van der Waals surface area contributed by atoms with Gasteiger partial charge in [0.1, 0.15) is 12.2 Å². The lowest BCUT2D eigenvalue weighted by Gasteiger charge is -2.34. The lowest BCUT2D eigenvalue weighted by Crippen LogP contribution is -2.44. The van der Waals surface area contributed by atoms with Gasteiger partial charge in [-0.3, -0.25) is 9.36 Å². The predicted octanol–water partition coefficient (Wildman–Crippen LogP) is 5.48. The number of aromatic nitrogens is 2. The van der Waals surface area contributed by atoms with Crippen LogP contribution in [0, 0.1) is 0 Å². The van der Waals surface area contributed by atoms with Crippen LogP contribution in [-0.2, 0) is 11.5 Å². The first kappa shape index (κ1) is 24.7. The second kappa shape index (κ2) is 10.2. The molecule has 0 amide bonds. The maximum atomic E-state index is 13.9. The topological polar surface area (TPSA) is 50.6 Å². The highest BCUT2D eigenvalue weighted by Gasteiger charge is 2.24. The highest BCUT2D eigenvalue weighted by Crippen LogP contribution is 2.29. The summed E-state index contributed by atoms with van der Waals surface area (Å²) in [4.78, 5) is 23.6. The lowest BCUT2D eigenvalue weighted by molar-refractivity contribution is 0.0835. The van der Waals surface area contributed by atoms with E-state index in [1.54, 1.807) is 0 Å². The molecule has 2 heterocycles. The number of hydrogen-bond acceptors (Lipinski definition) is 5. The zero-order valence-corrected chi connectivity index (χ0v) is 22.8. The zero-order valence-electron chi connectivity index (χ0n) is 21.8. The van der Waals surface area contributed by atoms with Crippen molar-refractivity contribution in [3.63, 3.8) is 0 Å². The average molecular weight is 501 g/mol. The zero-order chi connectivity index (χ0) is 25.3. The molecule has 7 heteroatoms. The average Bonchev–Trinajstić information content (AvgIpc) is 3.24. The summed E-state index contributed by atoms with van der Waals surface area (Å²) in [6.07, 6.45) is 0. The molecule has 1 aromatic heterocycles. The standard InChI is InChI=1S/C29H36N4O2Si/c1-31-14-16-32(17-15-31)25-10-7-11-26-27(25)30-29(33(26)21-35-18-19-36(2,3)4)28(34)24-13-12-22-8-5-6-9-23(22)20-24/h5-13,20H,14-19,21H2,1-4H3. The van der Waals surface area contributed by atoms with Crippen LogP contribution in [0.2, 0.25) is 25.7 Å². The van der Waals surface area contributed by atoms with Crippen molar-refractivity contribution in [1.29, 1.82) is 0 Å². The summed E-state index contributed by atoms with van der Waals surface area (Å²) in [6.45, 7) is 12.0. The summed E-state index contributed by atoms with van der Waals surface area (Å²) in [5, 5.41) is 2.17. The number of benzene rings is 3. The Morgan fingerprint density at radius 1 is 0.944 bits per heavy atom. The van der Waals surface area contributed by atoms with Crippen LogP contribution in [-0.4, -0.2) is 68.1 Å². The van der Waals surface area contributed by atoms with Crippen molar-refractivity contribution in [1.82, 2.24) is 14.5 Å². The Hall–Kier alpha value is -3.00. The Kier molecular flexibility index (Phi) is 6.97. The highest BCUT2D eigenvalue weighted by molar-refractivity contribution is 6.76. The maximum absolute atomic E-state index is 13.9. The SMILES string of the molecule is CN1CCN(c2cccc3c2nc(C(=O)c2ccc4ccccc4c2)n3COCC[Si](C)(C)C)CC1. The van der Waals surface area contributed by atoms with E-state index in [1.807, 2.05) is 41.0 Å². The number of rotatable bonds is 8. The van der Waals surface area contributed by atoms with Crippen molar-refractivity contribution >= 4 is 41.4 Å². The molecule has 0 N–H and O–H groups in total. The van der Waals surface area contributed by atoms with Crippen molar-refractivity contribution in [2.24, 2.45) is 0 Å². The third-order valence-electron chi connectivity index (χ3n) is 7.03. The molecule has 1 aliphatic rings. The van der Waals surface area contributed by atoms with E-state index in [2.05, 4.69) is 60.8 Å². The molecule has 0 saturated carbocycles. The van der Waals surface area contributed by atoms with Gasteiger partial charge < -0.3 is 14.5 Å². The van der Waals surface area contributed by atoms with Gasteiger partial charge >= 0.3 is 0 Å². The number of likely N-dealkylation sites (N-methyl/N-ethyl adjacent to an activating group) is 1. The fourth-order valence-corrected chi connectivity index (χ4v) is 5.49. The minimum atomic E-state index is -1.21. The minimum Gasteiger partial charge on any atom is -0.367 e. The first-order valence-corrected chi connectivity index (χ1v) is 16.5. The molecule has 36 heavy (non-hydrogen) atoms. The van der Waals surface area contributed by atoms with Crippen molar-refractivity contribution in [3.05, 3.63) is 72.1 Å². The number of imidazole rings is 1. The third-order valence-corrected chi connectivity index (χ3v) is 8.74. The molecule has 3 aromatic carbocycles. The Morgan fingerprint density at radius 2 is 1.69 bits per heavy atom. The van der Waals surface area contributed by atoms with Gasteiger partial charge in [0, 0.05) is 46.4 Å². The monoisotopic (exact) mass is 500 g/mol. The van der Waals surface area contributed by atoms with Crippen LogP contribution in [0.4, 0.5) is 5.69 Å². The van der Waals surface area contributed by atoms with Crippen LogP contribution >= 0.6 is 0 Å². The van der Waals surface area contributed by atoms with Crippen LogP contribution in [0.15, 0.2) is 60.7 Å². The number of piperazine rings is 1. The molecule has 5 rings (SSSR count). The van der Waals surface area contributed by atoms with Crippen molar-refractivity contribution in [3.8, 4) is 0 Å². The van der Waals surface area contributed by atoms with Gasteiger partial charge in [0.25, 0.3) is 0 Å². The molecule has 1 fully saturated rings. The van der Waals surface area contributed by atoms with E-state index in [0.717, 1.165) is 59.7 Å². The van der Waals surface area contributed by atoms with Crippen molar-refractivity contribution in [2.45, 2.75) is 32.4 Å². The van der Waals surface area contributed by atoms with Gasteiger partial charge in [0.05, 0.1) is 11.2 Å². The summed E-state index contributed by atoms with van der Waals surface area (Å²) >= 11 is 0. The molecule has 188 valence electrons. The first-order valence-electron chi connectivity index (χ1n) is 12.8. The number of carbonyl (C=O) groups is 1. The summed E-state index contributed by atoms with van der Waals surface area (Å²) in [5.74, 6) is 0.366. The predicted molar refractivity (Wildman–Crippen MR) is 151 cm³/mol. The molecule has 0 spiro atoms. The number of ketones is 1. The first-order chi connectivity index (χ1) is 17.3. The Bertz CT molecular complexity index is 1380. The molecule has 0 radical (unpaired) electrons. The summed E-state index contributed by atoms with van der Waals surface area (Å²) < 4.78 is 8.11. The van der Waals surface area contributed by atoms with Gasteiger partial charge in [-0.25, -0.2) is 4.98 Å². The van der Waals surface area contributed by atoms with E-state index >= 15 is 0 Å². The van der Waals surface area contributed by atoms with E-state index in [4.69, 9.17) is 9.72 Å². The number of fused-ring (bicyclic) bond motifs is 2. The molecule has 0 atom stereocenters. The van der Waals surface area contributed by atoms with E-state index in [0.29, 0.717) is 24.7 Å². The van der Waals surface area contributed by atoms with Crippen molar-refractivity contribution in [2.75, 3.05) is 44.7 Å². The van der Waals surface area contributed by atoms with Gasteiger partial charge in [-0.1, -0.05) is 62.1 Å². The van der Waals surface area contributed by atoms with E-state index < -0.39 is 8.07 Å². The van der Waals surface area contributed by atoms with Gasteiger partial charge in [0.15, 0.2) is 5.82 Å². The van der Waals surface area contributed by atoms with E-state index in [-0.39, 0.29) is 5.78 Å². The lowest BCUT2D eigenvalue weighted by atomic mass is 10.0. The molecule has 0 unspecified atom stereocenters. The van der Waals surface area contributed by atoms with Crippen molar-refractivity contribution < 1.29 is 9.53 Å². The summed E-state index contributed by atoms with van der Waals surface area (Å²) in [6, 6.07) is 21.3. The van der Waals surface area contributed by atoms with Crippen LogP contribution in [0.1, 0.15) is 16.2 Å². The van der Waals surface area contributed by atoms with E-state index in [1.165, 1.54) is 0 Å². The van der Waals surface area contributed by atoms with E-state index in [9.17, 15) is 4.79 Å². The molecule has 1 aliphatic heterocycles. The Labute approximate surface area is 214 Å². The largest absolute Gasteiger partial charge is 0.367 e. The smallest absolute Gasteiger partial charge is 0.228 e.